The number of hydroxylamine groups is 2. The lowest BCUT2D eigenvalue weighted by atomic mass is 9.44. The molecule has 0 aromatic carbocycles. The minimum Gasteiger partial charge on any atom is -0.390 e. The van der Waals surface area contributed by atoms with E-state index in [1.54, 1.807) is 30.4 Å². The number of ketones is 1. The highest BCUT2D eigenvalue weighted by molar-refractivity contribution is 8.13. The van der Waals surface area contributed by atoms with E-state index < -0.39 is 69.0 Å². The van der Waals surface area contributed by atoms with Crippen LogP contribution in [0.4, 0.5) is 13.2 Å². The van der Waals surface area contributed by atoms with E-state index in [0.717, 1.165) is 4.88 Å². The molecule has 4 aliphatic carbocycles. The van der Waals surface area contributed by atoms with Gasteiger partial charge in [-0.2, -0.15) is 5.06 Å². The summed E-state index contributed by atoms with van der Waals surface area (Å²) >= 11 is 2.08. The van der Waals surface area contributed by atoms with Crippen LogP contribution in [0.3, 0.4) is 0 Å². The molecule has 1 N–H and O–H groups in total. The first kappa shape index (κ1) is 29.0. The van der Waals surface area contributed by atoms with Crippen molar-refractivity contribution in [3.05, 3.63) is 46.2 Å². The molecule has 214 valence electrons. The number of halogens is 3. The van der Waals surface area contributed by atoms with E-state index in [-0.39, 0.29) is 18.4 Å². The van der Waals surface area contributed by atoms with Gasteiger partial charge in [-0.1, -0.05) is 37.8 Å². The van der Waals surface area contributed by atoms with Crippen molar-refractivity contribution < 1.29 is 32.7 Å². The number of aliphatic hydroxyl groups is 1. The quantitative estimate of drug-likeness (QED) is 0.398. The fourth-order valence-corrected chi connectivity index (χ4v) is 9.98. The van der Waals surface area contributed by atoms with E-state index in [1.807, 2.05) is 31.4 Å². The maximum absolute atomic E-state index is 17.6. The van der Waals surface area contributed by atoms with Gasteiger partial charge in [0.2, 0.25) is 5.12 Å². The van der Waals surface area contributed by atoms with Crippen LogP contribution in [0.25, 0.3) is 0 Å². The molecule has 0 spiro atoms. The first-order chi connectivity index (χ1) is 18.4. The van der Waals surface area contributed by atoms with Crippen molar-refractivity contribution in [2.45, 2.75) is 76.5 Å². The Morgan fingerprint density at radius 2 is 2.05 bits per heavy atom. The molecule has 1 aromatic heterocycles. The number of rotatable bonds is 7. The summed E-state index contributed by atoms with van der Waals surface area (Å²) in [5, 5.41) is 14.7. The molecule has 0 amide bonds. The van der Waals surface area contributed by atoms with E-state index >= 15 is 8.78 Å². The maximum atomic E-state index is 17.6. The third-order valence-electron chi connectivity index (χ3n) is 10.2. The molecule has 3 saturated carbocycles. The van der Waals surface area contributed by atoms with Gasteiger partial charge in [-0.25, -0.2) is 13.2 Å². The zero-order valence-corrected chi connectivity index (χ0v) is 24.3. The van der Waals surface area contributed by atoms with Gasteiger partial charge in [-0.3, -0.25) is 14.4 Å². The molecule has 39 heavy (non-hydrogen) atoms. The highest BCUT2D eigenvalue weighted by Gasteiger charge is 2.78. The molecule has 9 atom stereocenters. The van der Waals surface area contributed by atoms with E-state index in [9.17, 15) is 19.1 Å². The Morgan fingerprint density at radius 3 is 2.69 bits per heavy atom. The van der Waals surface area contributed by atoms with E-state index in [4.69, 9.17) is 4.84 Å². The molecule has 0 bridgehead atoms. The molecule has 3 fully saturated rings. The van der Waals surface area contributed by atoms with Crippen LogP contribution in [0, 0.1) is 28.6 Å². The Kier molecular flexibility index (Phi) is 7.54. The minimum atomic E-state index is -2.25. The average molecular weight is 584 g/mol. The highest BCUT2D eigenvalue weighted by Crippen LogP contribution is 2.72. The van der Waals surface area contributed by atoms with Crippen molar-refractivity contribution in [3.63, 3.8) is 0 Å². The van der Waals surface area contributed by atoms with Gasteiger partial charge in [-0.15, -0.1) is 11.3 Å². The van der Waals surface area contributed by atoms with Gasteiger partial charge < -0.3 is 5.11 Å². The second-order valence-electron chi connectivity index (χ2n) is 11.9. The molecule has 1 aromatic rings. The van der Waals surface area contributed by atoms with Gasteiger partial charge in [0.15, 0.2) is 17.1 Å². The summed E-state index contributed by atoms with van der Waals surface area (Å²) in [6, 6.07) is 2.93. The monoisotopic (exact) mass is 583 g/mol. The number of aliphatic hydroxyl groups excluding tert-OH is 1. The number of hydrogen-bond donors (Lipinski definition) is 1. The van der Waals surface area contributed by atoms with Gasteiger partial charge in [0, 0.05) is 28.7 Å². The topological polar surface area (TPSA) is 66.8 Å². The molecule has 4 aliphatic rings. The van der Waals surface area contributed by atoms with Crippen LogP contribution >= 0.6 is 23.1 Å². The number of carbonyl (C=O) groups is 2. The molecule has 0 radical (unpaired) electrons. The molecular weight excluding hydrogens is 547 g/mol. The fourth-order valence-electron chi connectivity index (χ4n) is 8.48. The molecule has 5 rings (SSSR count). The van der Waals surface area contributed by atoms with Gasteiger partial charge in [-0.05, 0) is 73.6 Å². The fraction of sp³-hybridized carbons (Fsp3) is 0.655. The zero-order chi connectivity index (χ0) is 28.4. The second kappa shape index (κ2) is 10.1. The summed E-state index contributed by atoms with van der Waals surface area (Å²) in [6.45, 7) is 5.70. The van der Waals surface area contributed by atoms with Crippen molar-refractivity contribution in [3.8, 4) is 0 Å². The number of fused-ring (bicyclic) bond motifs is 5. The van der Waals surface area contributed by atoms with Crippen LogP contribution in [-0.4, -0.2) is 57.7 Å². The van der Waals surface area contributed by atoms with Crippen molar-refractivity contribution >= 4 is 34.0 Å². The largest absolute Gasteiger partial charge is 0.390 e. The summed E-state index contributed by atoms with van der Waals surface area (Å²) in [7, 11) is 1.72. The number of allylic oxidation sites excluding steroid dienone is 4. The number of alkyl halides is 3. The van der Waals surface area contributed by atoms with E-state index in [1.165, 1.54) is 18.2 Å². The van der Waals surface area contributed by atoms with E-state index in [2.05, 4.69) is 0 Å². The lowest BCUT2D eigenvalue weighted by molar-refractivity contribution is -0.292. The molecule has 0 saturated heterocycles. The minimum absolute atomic E-state index is 0.0590. The summed E-state index contributed by atoms with van der Waals surface area (Å²) in [6.07, 6.45) is 1.25. The number of thioether (sulfide) groups is 1. The summed E-state index contributed by atoms with van der Waals surface area (Å²) in [5.74, 6) is -2.25. The van der Waals surface area contributed by atoms with Crippen LogP contribution in [0.2, 0.25) is 0 Å². The van der Waals surface area contributed by atoms with Crippen molar-refractivity contribution in [1.29, 1.82) is 0 Å². The smallest absolute Gasteiger partial charge is 0.226 e. The molecule has 0 unspecified atom stereocenters. The van der Waals surface area contributed by atoms with Crippen LogP contribution in [-0.2, 0) is 21.0 Å². The number of thiophene rings is 1. The van der Waals surface area contributed by atoms with Crippen LogP contribution in [0.1, 0.15) is 51.3 Å². The zero-order valence-electron chi connectivity index (χ0n) is 22.7. The number of nitrogens with zero attached hydrogens (tertiary/aromatic N) is 1. The first-order valence-corrected chi connectivity index (χ1v) is 15.4. The van der Waals surface area contributed by atoms with Gasteiger partial charge in [0.25, 0.3) is 0 Å². The Hall–Kier alpha value is -1.46. The van der Waals surface area contributed by atoms with Crippen molar-refractivity contribution in [1.82, 2.24) is 5.06 Å². The molecular formula is C29H36F3NO4S2. The third kappa shape index (κ3) is 3.99. The summed E-state index contributed by atoms with van der Waals surface area (Å²) in [5.41, 5.74) is -6.34. The highest BCUT2D eigenvalue weighted by atomic mass is 32.2. The number of hydrogen-bond acceptors (Lipinski definition) is 7. The van der Waals surface area contributed by atoms with Crippen LogP contribution in [0.5, 0.6) is 0 Å². The Balaban J connectivity index is 1.61. The van der Waals surface area contributed by atoms with Crippen LogP contribution in [0.15, 0.2) is 41.3 Å². The normalized spacial score (nSPS) is 43.2. The molecule has 5 nitrogen and oxygen atoms in total. The van der Waals surface area contributed by atoms with Crippen LogP contribution < -0.4 is 0 Å². The lowest BCUT2D eigenvalue weighted by Crippen LogP contribution is -2.71. The Bertz CT molecular complexity index is 1190. The van der Waals surface area contributed by atoms with E-state index in [0.29, 0.717) is 31.1 Å². The number of carbonyl (C=O) groups excluding carboxylic acids is 2. The Labute approximate surface area is 235 Å². The first-order valence-electron chi connectivity index (χ1n) is 13.5. The molecule has 10 heteroatoms. The predicted octanol–water partition coefficient (Wildman–Crippen LogP) is 5.99. The van der Waals surface area contributed by atoms with Gasteiger partial charge in [0.1, 0.15) is 12.2 Å². The SMILES string of the molecule is CC[C@@H]1C[C@H]2[C@@H]3C[C@H](F)C4=CC(=O)C=C[C@]4(C)[C@@]3(F)[C@@H](O)C[C@]2(C)[C@@]1(ON(C)Cc1cccs1)C(=O)SCF. The second-order valence-corrected chi connectivity index (χ2v) is 13.8. The molecule has 0 aliphatic heterocycles. The third-order valence-corrected chi connectivity index (χ3v) is 11.8. The maximum Gasteiger partial charge on any atom is 0.226 e. The average Bonchev–Trinajstić information content (AvgIpc) is 3.47. The summed E-state index contributed by atoms with van der Waals surface area (Å²) in [4.78, 5) is 33.7. The summed E-state index contributed by atoms with van der Waals surface area (Å²) < 4.78 is 47.1. The standard InChI is InChI=1S/C29H36F3NO4S2/c1-5-17-11-20-21-13-23(31)22-12-18(34)8-9-26(22,2)28(21,32)24(35)14-27(20,3)29(17,25(36)39-16-30)37-33(4)15-19-7-6-10-38-19/h6-10,12,17,20-21,23-24,35H,5,11,13-16H2,1-4H3/t17-,20+,21+,23+,24+,26+,27+,28+,29+/m1/s1. The Morgan fingerprint density at radius 1 is 1.31 bits per heavy atom. The van der Waals surface area contributed by atoms with Crippen molar-refractivity contribution in [2.24, 2.45) is 28.6 Å². The van der Waals surface area contributed by atoms with Gasteiger partial charge in [0.05, 0.1) is 12.6 Å². The van der Waals surface area contributed by atoms with Gasteiger partial charge >= 0.3 is 0 Å². The van der Waals surface area contributed by atoms with Crippen molar-refractivity contribution in [2.75, 3.05) is 13.1 Å². The lowest BCUT2D eigenvalue weighted by Gasteiger charge is -2.63. The molecule has 1 heterocycles. The predicted molar refractivity (Wildman–Crippen MR) is 146 cm³/mol.